The van der Waals surface area contributed by atoms with Crippen molar-refractivity contribution in [3.8, 4) is 11.5 Å². The Morgan fingerprint density at radius 2 is 1.84 bits per heavy atom. The summed E-state index contributed by atoms with van der Waals surface area (Å²) >= 11 is 1.80. The van der Waals surface area contributed by atoms with E-state index in [0.717, 1.165) is 29.2 Å². The van der Waals surface area contributed by atoms with Gasteiger partial charge >= 0.3 is 0 Å². The molecule has 0 unspecified atom stereocenters. The van der Waals surface area contributed by atoms with Crippen LogP contribution in [0.3, 0.4) is 0 Å². The molecule has 7 heteroatoms. The van der Waals surface area contributed by atoms with E-state index in [1.54, 1.807) is 31.9 Å². The van der Waals surface area contributed by atoms with E-state index >= 15 is 0 Å². The van der Waals surface area contributed by atoms with Crippen molar-refractivity contribution in [1.29, 1.82) is 0 Å². The minimum Gasteiger partial charge on any atom is -0.493 e. The molecule has 2 heterocycles. The highest BCUT2D eigenvalue weighted by Crippen LogP contribution is 2.39. The Balaban J connectivity index is 0.00000182. The fraction of sp³-hybridized carbons (Fsp3) is 0.333. The number of halogens is 1. The largest absolute Gasteiger partial charge is 0.493 e. The summed E-state index contributed by atoms with van der Waals surface area (Å²) in [7, 11) is 3.27. The summed E-state index contributed by atoms with van der Waals surface area (Å²) in [6.45, 7) is 0. The van der Waals surface area contributed by atoms with Gasteiger partial charge in [0.1, 0.15) is 17.0 Å². The van der Waals surface area contributed by atoms with Gasteiger partial charge in [-0.1, -0.05) is 0 Å². The van der Waals surface area contributed by atoms with E-state index in [9.17, 15) is 0 Å². The number of fused-ring (bicyclic) bond motifs is 3. The lowest BCUT2D eigenvalue weighted by atomic mass is 9.97. The number of aryl methyl sites for hydroxylation is 2. The molecule has 1 N–H and O–H groups in total. The monoisotopic (exact) mass is 377 g/mol. The summed E-state index contributed by atoms with van der Waals surface area (Å²) in [4.78, 5) is 11.5. The highest BCUT2D eigenvalue weighted by atomic mass is 35.5. The van der Waals surface area contributed by atoms with E-state index in [-0.39, 0.29) is 12.4 Å². The number of hydrogen-bond donors (Lipinski definition) is 1. The molecule has 4 rings (SSSR count). The Bertz CT molecular complexity index is 897. The number of nitrogens with one attached hydrogen (secondary N) is 1. The summed E-state index contributed by atoms with van der Waals surface area (Å²) < 4.78 is 10.7. The summed E-state index contributed by atoms with van der Waals surface area (Å²) in [6, 6.07) is 5.78. The third kappa shape index (κ3) is 3.24. The van der Waals surface area contributed by atoms with Gasteiger partial charge in [-0.3, -0.25) is 0 Å². The second-order valence-electron chi connectivity index (χ2n) is 5.81. The van der Waals surface area contributed by atoms with Gasteiger partial charge in [-0.05, 0) is 43.4 Å². The second-order valence-corrected chi connectivity index (χ2v) is 6.89. The van der Waals surface area contributed by atoms with E-state index < -0.39 is 0 Å². The predicted octanol–water partition coefficient (Wildman–Crippen LogP) is 4.75. The molecule has 0 amide bonds. The van der Waals surface area contributed by atoms with Gasteiger partial charge < -0.3 is 14.8 Å². The van der Waals surface area contributed by atoms with E-state index in [1.165, 1.54) is 28.7 Å². The van der Waals surface area contributed by atoms with E-state index in [4.69, 9.17) is 9.47 Å². The van der Waals surface area contributed by atoms with Crippen molar-refractivity contribution < 1.29 is 9.47 Å². The number of thiophene rings is 1. The third-order valence-electron chi connectivity index (χ3n) is 4.40. The van der Waals surface area contributed by atoms with Crippen LogP contribution in [-0.4, -0.2) is 24.2 Å². The molecule has 1 aromatic carbocycles. The third-order valence-corrected chi connectivity index (χ3v) is 5.60. The van der Waals surface area contributed by atoms with Gasteiger partial charge in [-0.25, -0.2) is 9.97 Å². The Labute approximate surface area is 156 Å². The van der Waals surface area contributed by atoms with Crippen LogP contribution in [0.2, 0.25) is 0 Å². The number of ether oxygens (including phenoxy) is 2. The molecule has 0 saturated carbocycles. The van der Waals surface area contributed by atoms with Crippen molar-refractivity contribution in [2.24, 2.45) is 0 Å². The summed E-state index contributed by atoms with van der Waals surface area (Å²) in [5.74, 6) is 2.27. The average Bonchev–Trinajstić information content (AvgIpc) is 3.01. The molecule has 1 aliphatic rings. The molecular formula is C18H20ClN3O2S. The molecule has 0 atom stereocenters. The molecule has 0 spiro atoms. The van der Waals surface area contributed by atoms with Crippen LogP contribution in [-0.2, 0) is 12.8 Å². The first kappa shape index (κ1) is 17.8. The quantitative estimate of drug-likeness (QED) is 0.710. The number of hydrogen-bond acceptors (Lipinski definition) is 6. The molecule has 1 aliphatic carbocycles. The zero-order valence-corrected chi connectivity index (χ0v) is 15.8. The van der Waals surface area contributed by atoms with Crippen LogP contribution in [0.15, 0.2) is 24.5 Å². The maximum Gasteiger partial charge on any atom is 0.162 e. The number of methoxy groups -OCH3 is 2. The molecule has 2 aromatic heterocycles. The van der Waals surface area contributed by atoms with Crippen molar-refractivity contribution in [3.05, 3.63) is 35.0 Å². The van der Waals surface area contributed by atoms with E-state index in [2.05, 4.69) is 15.3 Å². The van der Waals surface area contributed by atoms with Crippen LogP contribution in [0.4, 0.5) is 11.5 Å². The summed E-state index contributed by atoms with van der Waals surface area (Å²) in [5, 5.41) is 4.60. The number of benzene rings is 1. The van der Waals surface area contributed by atoms with Crippen LogP contribution < -0.4 is 14.8 Å². The fourth-order valence-corrected chi connectivity index (χ4v) is 4.46. The van der Waals surface area contributed by atoms with Crippen molar-refractivity contribution in [2.75, 3.05) is 19.5 Å². The van der Waals surface area contributed by atoms with E-state index in [1.807, 2.05) is 18.2 Å². The van der Waals surface area contributed by atoms with Crippen molar-refractivity contribution in [1.82, 2.24) is 9.97 Å². The van der Waals surface area contributed by atoms with Crippen molar-refractivity contribution >= 4 is 45.5 Å². The fourth-order valence-electron chi connectivity index (χ4n) is 3.24. The SMILES string of the molecule is COc1ccc(Nc2ncnc3sc4c(c23)CCCC4)cc1OC.Cl. The molecule has 25 heavy (non-hydrogen) atoms. The minimum absolute atomic E-state index is 0. The first-order chi connectivity index (χ1) is 11.8. The number of rotatable bonds is 4. The molecule has 0 saturated heterocycles. The van der Waals surface area contributed by atoms with Gasteiger partial charge in [-0.15, -0.1) is 23.7 Å². The lowest BCUT2D eigenvalue weighted by Gasteiger charge is -2.13. The van der Waals surface area contributed by atoms with Gasteiger partial charge in [0, 0.05) is 16.6 Å². The maximum absolute atomic E-state index is 5.38. The Hall–Kier alpha value is -2.05. The summed E-state index contributed by atoms with van der Waals surface area (Å²) in [5.41, 5.74) is 2.34. The highest BCUT2D eigenvalue weighted by molar-refractivity contribution is 7.19. The van der Waals surface area contributed by atoms with Crippen LogP contribution in [0.5, 0.6) is 11.5 Å². The second kappa shape index (κ2) is 7.45. The zero-order valence-electron chi connectivity index (χ0n) is 14.2. The average molecular weight is 378 g/mol. The van der Waals surface area contributed by atoms with Crippen LogP contribution >= 0.6 is 23.7 Å². The van der Waals surface area contributed by atoms with Gasteiger partial charge in [0.25, 0.3) is 0 Å². The number of anilines is 2. The van der Waals surface area contributed by atoms with Gasteiger partial charge in [0.05, 0.1) is 19.6 Å². The molecular weight excluding hydrogens is 358 g/mol. The van der Waals surface area contributed by atoms with Crippen molar-refractivity contribution in [3.63, 3.8) is 0 Å². The molecule has 0 bridgehead atoms. The van der Waals surface area contributed by atoms with Gasteiger partial charge in [-0.2, -0.15) is 0 Å². The molecule has 3 aromatic rings. The van der Waals surface area contributed by atoms with Gasteiger partial charge in [0.15, 0.2) is 11.5 Å². The Kier molecular flexibility index (Phi) is 5.30. The first-order valence-electron chi connectivity index (χ1n) is 8.04. The maximum atomic E-state index is 5.38. The minimum atomic E-state index is 0. The van der Waals surface area contributed by atoms with Crippen molar-refractivity contribution in [2.45, 2.75) is 25.7 Å². The standard InChI is InChI=1S/C18H19N3O2S.ClH/c1-22-13-8-7-11(9-14(13)23-2)21-17-16-12-5-3-4-6-15(12)24-18(16)20-10-19-17;/h7-10H,3-6H2,1-2H3,(H,19,20,21);1H. The Morgan fingerprint density at radius 1 is 1.04 bits per heavy atom. The lowest BCUT2D eigenvalue weighted by molar-refractivity contribution is 0.355. The van der Waals surface area contributed by atoms with E-state index in [0.29, 0.717) is 11.5 Å². The topological polar surface area (TPSA) is 56.3 Å². The Morgan fingerprint density at radius 3 is 2.64 bits per heavy atom. The lowest BCUT2D eigenvalue weighted by Crippen LogP contribution is -2.01. The van der Waals surface area contributed by atoms with Crippen LogP contribution in [0, 0.1) is 0 Å². The highest BCUT2D eigenvalue weighted by Gasteiger charge is 2.20. The van der Waals surface area contributed by atoms with Crippen LogP contribution in [0.25, 0.3) is 10.2 Å². The van der Waals surface area contributed by atoms with Crippen LogP contribution in [0.1, 0.15) is 23.3 Å². The zero-order chi connectivity index (χ0) is 16.5. The number of aromatic nitrogens is 2. The molecule has 0 radical (unpaired) electrons. The summed E-state index contributed by atoms with van der Waals surface area (Å²) in [6.07, 6.45) is 6.41. The molecule has 0 aliphatic heterocycles. The van der Waals surface area contributed by atoms with Gasteiger partial charge in [0.2, 0.25) is 0 Å². The predicted molar refractivity (Wildman–Crippen MR) is 104 cm³/mol. The first-order valence-corrected chi connectivity index (χ1v) is 8.86. The molecule has 5 nitrogen and oxygen atoms in total. The molecule has 0 fully saturated rings. The number of nitrogens with zero attached hydrogens (tertiary/aromatic N) is 2. The smallest absolute Gasteiger partial charge is 0.162 e. The normalized spacial score (nSPS) is 13.0. The molecule has 132 valence electrons.